The van der Waals surface area contributed by atoms with Crippen LogP contribution >= 0.6 is 0 Å². The summed E-state index contributed by atoms with van der Waals surface area (Å²) in [4.78, 5) is 0. The minimum absolute atomic E-state index is 0.346. The molecule has 21 heavy (non-hydrogen) atoms. The van der Waals surface area contributed by atoms with Crippen LogP contribution in [0.25, 0.3) is 0 Å². The Labute approximate surface area is 129 Å². The third kappa shape index (κ3) is 3.67. The molecule has 0 radical (unpaired) electrons. The van der Waals surface area contributed by atoms with Crippen molar-refractivity contribution in [1.82, 2.24) is 0 Å². The first-order chi connectivity index (χ1) is 9.98. The Morgan fingerprint density at radius 1 is 1.33 bits per heavy atom. The van der Waals surface area contributed by atoms with Gasteiger partial charge >= 0.3 is 0 Å². The fourth-order valence-corrected chi connectivity index (χ4v) is 3.91. The molecule has 3 atom stereocenters. The van der Waals surface area contributed by atoms with Gasteiger partial charge in [-0.2, -0.15) is 0 Å². The van der Waals surface area contributed by atoms with E-state index in [0.717, 1.165) is 19.3 Å². The maximum Gasteiger partial charge on any atom is 0.0945 e. The van der Waals surface area contributed by atoms with E-state index < -0.39 is 6.10 Å². The number of hydrogen-bond acceptors (Lipinski definition) is 2. The standard InChI is InChI=1S/C19H30O2/c1-5-21-19(11-7-8-14(2)13-19)18(20)12-17-15(3)9-6-10-16(17)4/h6,9-10,14,18,20H,5,7-8,11-13H2,1-4H3. The van der Waals surface area contributed by atoms with Crippen LogP contribution < -0.4 is 0 Å². The predicted octanol–water partition coefficient (Wildman–Crippen LogP) is 4.19. The van der Waals surface area contributed by atoms with Crippen LogP contribution in [0.4, 0.5) is 0 Å². The molecule has 0 bridgehead atoms. The summed E-state index contributed by atoms with van der Waals surface area (Å²) in [5, 5.41) is 11.0. The van der Waals surface area contributed by atoms with Crippen molar-refractivity contribution >= 4 is 0 Å². The topological polar surface area (TPSA) is 29.5 Å². The van der Waals surface area contributed by atoms with Crippen molar-refractivity contribution in [2.24, 2.45) is 5.92 Å². The van der Waals surface area contributed by atoms with E-state index in [1.807, 2.05) is 6.92 Å². The molecule has 0 spiro atoms. The SMILES string of the molecule is CCOC1(C(O)Cc2c(C)cccc2C)CCCC(C)C1. The molecule has 0 amide bonds. The maximum absolute atomic E-state index is 11.0. The third-order valence-electron chi connectivity index (χ3n) is 5.07. The number of aryl methyl sites for hydroxylation is 2. The number of aliphatic hydroxyl groups excluding tert-OH is 1. The van der Waals surface area contributed by atoms with Crippen LogP contribution in [0.5, 0.6) is 0 Å². The monoisotopic (exact) mass is 290 g/mol. The average Bonchev–Trinajstić information content (AvgIpc) is 2.43. The normalized spacial score (nSPS) is 27.6. The van der Waals surface area contributed by atoms with Gasteiger partial charge in [-0.05, 0) is 56.2 Å². The second-order valence-corrected chi connectivity index (χ2v) is 6.79. The van der Waals surface area contributed by atoms with E-state index in [9.17, 15) is 5.11 Å². The first-order valence-corrected chi connectivity index (χ1v) is 8.35. The van der Waals surface area contributed by atoms with E-state index in [1.165, 1.54) is 23.1 Å². The van der Waals surface area contributed by atoms with Gasteiger partial charge in [0.2, 0.25) is 0 Å². The molecule has 0 saturated heterocycles. The summed E-state index contributed by atoms with van der Waals surface area (Å²) < 4.78 is 6.10. The van der Waals surface area contributed by atoms with Crippen LogP contribution in [0.1, 0.15) is 56.2 Å². The molecule has 2 heteroatoms. The quantitative estimate of drug-likeness (QED) is 0.881. The van der Waals surface area contributed by atoms with Crippen molar-refractivity contribution in [1.29, 1.82) is 0 Å². The second kappa shape index (κ2) is 6.93. The highest BCUT2D eigenvalue weighted by Gasteiger charge is 2.42. The zero-order valence-electron chi connectivity index (χ0n) is 14.0. The summed E-state index contributed by atoms with van der Waals surface area (Å²) in [5.41, 5.74) is 3.47. The number of benzene rings is 1. The van der Waals surface area contributed by atoms with Crippen molar-refractivity contribution < 1.29 is 9.84 Å². The highest BCUT2D eigenvalue weighted by atomic mass is 16.5. The molecule has 1 saturated carbocycles. The highest BCUT2D eigenvalue weighted by molar-refractivity contribution is 5.34. The van der Waals surface area contributed by atoms with E-state index in [1.54, 1.807) is 0 Å². The Morgan fingerprint density at radius 3 is 2.57 bits per heavy atom. The van der Waals surface area contributed by atoms with Gasteiger partial charge in [0.05, 0.1) is 11.7 Å². The van der Waals surface area contributed by atoms with E-state index in [4.69, 9.17) is 4.74 Å². The van der Waals surface area contributed by atoms with Crippen molar-refractivity contribution in [3.05, 3.63) is 34.9 Å². The minimum atomic E-state index is -0.417. The number of hydrogen-bond donors (Lipinski definition) is 1. The lowest BCUT2D eigenvalue weighted by molar-refractivity contribution is -0.147. The van der Waals surface area contributed by atoms with Gasteiger partial charge < -0.3 is 9.84 Å². The van der Waals surface area contributed by atoms with Crippen molar-refractivity contribution in [3.63, 3.8) is 0 Å². The number of ether oxygens (including phenoxy) is 1. The molecule has 1 N–H and O–H groups in total. The second-order valence-electron chi connectivity index (χ2n) is 6.79. The van der Waals surface area contributed by atoms with Gasteiger partial charge in [-0.3, -0.25) is 0 Å². The van der Waals surface area contributed by atoms with E-state index in [-0.39, 0.29) is 5.60 Å². The van der Waals surface area contributed by atoms with Gasteiger partial charge in [-0.15, -0.1) is 0 Å². The molecule has 1 aliphatic carbocycles. The van der Waals surface area contributed by atoms with Crippen LogP contribution in [0.2, 0.25) is 0 Å². The Balaban J connectivity index is 2.21. The molecule has 1 fully saturated rings. The molecular formula is C19H30O2. The summed E-state index contributed by atoms with van der Waals surface area (Å²) in [6, 6.07) is 6.35. The van der Waals surface area contributed by atoms with E-state index >= 15 is 0 Å². The Hall–Kier alpha value is -0.860. The largest absolute Gasteiger partial charge is 0.390 e. The fraction of sp³-hybridized carbons (Fsp3) is 0.684. The van der Waals surface area contributed by atoms with E-state index in [0.29, 0.717) is 18.9 Å². The van der Waals surface area contributed by atoms with Gasteiger partial charge in [0.15, 0.2) is 0 Å². The average molecular weight is 290 g/mol. The molecule has 0 aromatic heterocycles. The summed E-state index contributed by atoms with van der Waals surface area (Å²) in [6.45, 7) is 9.25. The van der Waals surface area contributed by atoms with Crippen molar-refractivity contribution in [3.8, 4) is 0 Å². The lowest BCUT2D eigenvalue weighted by Crippen LogP contribution is -2.49. The van der Waals surface area contributed by atoms with Crippen molar-refractivity contribution in [2.75, 3.05) is 6.61 Å². The molecule has 0 aliphatic heterocycles. The van der Waals surface area contributed by atoms with Crippen LogP contribution in [0.15, 0.2) is 18.2 Å². The van der Waals surface area contributed by atoms with Crippen LogP contribution in [0, 0.1) is 19.8 Å². The van der Waals surface area contributed by atoms with Gasteiger partial charge in [-0.25, -0.2) is 0 Å². The molecule has 2 nitrogen and oxygen atoms in total. The Bertz CT molecular complexity index is 444. The zero-order valence-corrected chi connectivity index (χ0v) is 14.0. The zero-order chi connectivity index (χ0) is 15.5. The fourth-order valence-electron chi connectivity index (χ4n) is 3.91. The molecule has 118 valence electrons. The molecule has 0 heterocycles. The first kappa shape index (κ1) is 16.5. The Kier molecular flexibility index (Phi) is 5.45. The molecule has 3 unspecified atom stereocenters. The highest BCUT2D eigenvalue weighted by Crippen LogP contribution is 2.39. The van der Waals surface area contributed by atoms with Crippen LogP contribution in [0.3, 0.4) is 0 Å². The number of rotatable bonds is 5. The molecule has 1 aliphatic rings. The van der Waals surface area contributed by atoms with Crippen molar-refractivity contribution in [2.45, 2.75) is 71.5 Å². The van der Waals surface area contributed by atoms with Gasteiger partial charge in [0, 0.05) is 13.0 Å². The third-order valence-corrected chi connectivity index (χ3v) is 5.07. The van der Waals surface area contributed by atoms with Crippen LogP contribution in [-0.2, 0) is 11.2 Å². The van der Waals surface area contributed by atoms with Gasteiger partial charge in [0.1, 0.15) is 0 Å². The van der Waals surface area contributed by atoms with Gasteiger partial charge in [0.25, 0.3) is 0 Å². The lowest BCUT2D eigenvalue weighted by Gasteiger charge is -2.43. The van der Waals surface area contributed by atoms with Crippen LogP contribution in [-0.4, -0.2) is 23.4 Å². The maximum atomic E-state index is 11.0. The van der Waals surface area contributed by atoms with E-state index in [2.05, 4.69) is 39.0 Å². The molecule has 2 rings (SSSR count). The lowest BCUT2D eigenvalue weighted by atomic mass is 9.74. The predicted molar refractivity (Wildman–Crippen MR) is 87.6 cm³/mol. The van der Waals surface area contributed by atoms with Gasteiger partial charge in [-0.1, -0.05) is 38.0 Å². The smallest absolute Gasteiger partial charge is 0.0945 e. The summed E-state index contributed by atoms with van der Waals surface area (Å²) in [7, 11) is 0. The molecular weight excluding hydrogens is 260 g/mol. The first-order valence-electron chi connectivity index (χ1n) is 8.35. The summed E-state index contributed by atoms with van der Waals surface area (Å²) >= 11 is 0. The molecule has 1 aromatic carbocycles. The molecule has 1 aromatic rings. The summed E-state index contributed by atoms with van der Waals surface area (Å²) in [6.07, 6.45) is 4.66. The minimum Gasteiger partial charge on any atom is -0.390 e. The summed E-state index contributed by atoms with van der Waals surface area (Å²) in [5.74, 6) is 0.637. The Morgan fingerprint density at radius 2 is 2.00 bits per heavy atom. The number of aliphatic hydroxyl groups is 1.